The highest BCUT2D eigenvalue weighted by Gasteiger charge is 2.23. The van der Waals surface area contributed by atoms with Crippen LogP contribution in [0.15, 0.2) is 78.3 Å². The van der Waals surface area contributed by atoms with E-state index in [0.717, 1.165) is 45.1 Å². The van der Waals surface area contributed by atoms with Crippen molar-refractivity contribution in [2.45, 2.75) is 19.9 Å². The summed E-state index contributed by atoms with van der Waals surface area (Å²) in [7, 11) is 0. The van der Waals surface area contributed by atoms with E-state index in [1.165, 1.54) is 11.3 Å². The molecule has 4 aromatic heterocycles. The number of carbonyl (C=O) groups is 1. The van der Waals surface area contributed by atoms with Crippen molar-refractivity contribution in [2.75, 3.05) is 10.6 Å². The maximum absolute atomic E-state index is 12.6. The first-order valence-electron chi connectivity index (χ1n) is 10.7. The number of nitrogens with zero attached hydrogens (tertiary/aromatic N) is 2. The Morgan fingerprint density at radius 2 is 1.94 bits per heavy atom. The number of aryl methyl sites for hydroxylation is 2. The van der Waals surface area contributed by atoms with E-state index in [0.29, 0.717) is 4.88 Å². The molecule has 164 valence electrons. The molecular weight excluding hydrogens is 430 g/mol. The zero-order valence-electron chi connectivity index (χ0n) is 18.3. The predicted molar refractivity (Wildman–Crippen MR) is 134 cm³/mol. The predicted octanol–water partition coefficient (Wildman–Crippen LogP) is 6.09. The van der Waals surface area contributed by atoms with Crippen molar-refractivity contribution in [3.05, 3.63) is 106 Å². The van der Waals surface area contributed by atoms with Crippen molar-refractivity contribution in [2.24, 2.45) is 0 Å². The Balaban J connectivity index is 1.58. The van der Waals surface area contributed by atoms with Gasteiger partial charge >= 0.3 is 0 Å². The first-order valence-corrected chi connectivity index (χ1v) is 11.5. The fourth-order valence-electron chi connectivity index (χ4n) is 4.01. The van der Waals surface area contributed by atoms with Crippen LogP contribution >= 0.6 is 11.3 Å². The Kier molecular flexibility index (Phi) is 5.62. The molecule has 5 rings (SSSR count). The van der Waals surface area contributed by atoms with E-state index in [9.17, 15) is 4.79 Å². The molecule has 0 aliphatic heterocycles. The minimum absolute atomic E-state index is 0.110. The quantitative estimate of drug-likeness (QED) is 0.290. The van der Waals surface area contributed by atoms with Crippen LogP contribution in [0, 0.1) is 13.8 Å². The van der Waals surface area contributed by atoms with E-state index in [4.69, 9.17) is 0 Å². The highest BCUT2D eigenvalue weighted by molar-refractivity contribution is 7.12. The molecule has 0 radical (unpaired) electrons. The van der Waals surface area contributed by atoms with Gasteiger partial charge < -0.3 is 15.6 Å². The fraction of sp³-hybridized carbons (Fsp3) is 0.115. The standard InChI is InChI=1S/C26H23N5OS/c1-16-7-5-10-23(28-16)31-25(21-8-3-4-13-27-21)24-17(2)29-20-12-11-18(15-19(20)24)30-26(32)22-9-6-14-33-22/h3-15,25,29H,1-2H3,(H,28,31)(H,30,32)/t25-/m0/s1. The van der Waals surface area contributed by atoms with Crippen LogP contribution in [0.3, 0.4) is 0 Å². The van der Waals surface area contributed by atoms with E-state index in [2.05, 4.69) is 32.5 Å². The molecule has 3 N–H and O–H groups in total. The molecule has 5 aromatic rings. The number of anilines is 2. The highest BCUT2D eigenvalue weighted by atomic mass is 32.1. The molecule has 1 atom stereocenters. The third-order valence-corrected chi connectivity index (χ3v) is 6.36. The van der Waals surface area contributed by atoms with Crippen LogP contribution in [0.25, 0.3) is 10.9 Å². The number of hydrogen-bond donors (Lipinski definition) is 3. The average molecular weight is 454 g/mol. The van der Waals surface area contributed by atoms with Crippen molar-refractivity contribution in [1.82, 2.24) is 15.0 Å². The molecule has 7 heteroatoms. The largest absolute Gasteiger partial charge is 0.358 e. The lowest BCUT2D eigenvalue weighted by Crippen LogP contribution is -2.15. The summed E-state index contributed by atoms with van der Waals surface area (Å²) in [5, 5.41) is 9.51. The van der Waals surface area contributed by atoms with Crippen LogP contribution in [0.5, 0.6) is 0 Å². The lowest BCUT2D eigenvalue weighted by atomic mass is 9.99. The van der Waals surface area contributed by atoms with Gasteiger partial charge in [0.25, 0.3) is 5.91 Å². The number of amides is 1. The smallest absolute Gasteiger partial charge is 0.265 e. The van der Waals surface area contributed by atoms with Gasteiger partial charge in [0.1, 0.15) is 5.82 Å². The number of H-pyrrole nitrogens is 1. The third kappa shape index (κ3) is 4.36. The van der Waals surface area contributed by atoms with E-state index in [-0.39, 0.29) is 11.9 Å². The SMILES string of the molecule is Cc1cccc(N[C@@H](c2ccccn2)c2c(C)[nH]c3ccc(NC(=O)c4cccs4)cc23)n1. The number of fused-ring (bicyclic) bond motifs is 1. The molecule has 0 unspecified atom stereocenters. The van der Waals surface area contributed by atoms with Gasteiger partial charge in [-0.3, -0.25) is 9.78 Å². The van der Waals surface area contributed by atoms with Crippen LogP contribution in [0.1, 0.15) is 38.4 Å². The van der Waals surface area contributed by atoms with Gasteiger partial charge in [0.15, 0.2) is 0 Å². The van der Waals surface area contributed by atoms with Gasteiger partial charge in [-0.15, -0.1) is 11.3 Å². The van der Waals surface area contributed by atoms with Crippen LogP contribution in [0.2, 0.25) is 0 Å². The number of carbonyl (C=O) groups excluding carboxylic acids is 1. The maximum atomic E-state index is 12.6. The van der Waals surface area contributed by atoms with Crippen molar-refractivity contribution >= 4 is 39.7 Å². The van der Waals surface area contributed by atoms with Crippen LogP contribution in [-0.4, -0.2) is 20.9 Å². The van der Waals surface area contributed by atoms with Gasteiger partial charge in [-0.1, -0.05) is 18.2 Å². The Morgan fingerprint density at radius 3 is 2.70 bits per heavy atom. The molecule has 33 heavy (non-hydrogen) atoms. The number of rotatable bonds is 6. The number of benzene rings is 1. The fourth-order valence-corrected chi connectivity index (χ4v) is 4.63. The lowest BCUT2D eigenvalue weighted by molar-refractivity contribution is 0.103. The summed E-state index contributed by atoms with van der Waals surface area (Å²) in [5.74, 6) is 0.670. The molecule has 0 saturated carbocycles. The molecule has 0 saturated heterocycles. The molecule has 0 fully saturated rings. The van der Waals surface area contributed by atoms with Crippen molar-refractivity contribution in [3.8, 4) is 0 Å². The van der Waals surface area contributed by atoms with E-state index >= 15 is 0 Å². The zero-order valence-corrected chi connectivity index (χ0v) is 19.1. The molecule has 1 amide bonds. The molecular formula is C26H23N5OS. The number of nitrogens with one attached hydrogen (secondary N) is 3. The number of hydrogen-bond acceptors (Lipinski definition) is 5. The Hall–Kier alpha value is -3.97. The summed E-state index contributed by atoms with van der Waals surface area (Å²) in [6.07, 6.45) is 1.80. The molecule has 0 spiro atoms. The summed E-state index contributed by atoms with van der Waals surface area (Å²) < 4.78 is 0. The van der Waals surface area contributed by atoms with E-state index in [1.807, 2.05) is 79.0 Å². The number of thiophene rings is 1. The number of pyridine rings is 2. The summed E-state index contributed by atoms with van der Waals surface area (Å²) >= 11 is 1.42. The van der Waals surface area contributed by atoms with Crippen LogP contribution in [-0.2, 0) is 0 Å². The Morgan fingerprint density at radius 1 is 1.03 bits per heavy atom. The highest BCUT2D eigenvalue weighted by Crippen LogP contribution is 2.35. The average Bonchev–Trinajstić information content (AvgIpc) is 3.46. The zero-order chi connectivity index (χ0) is 22.8. The van der Waals surface area contributed by atoms with E-state index < -0.39 is 0 Å². The van der Waals surface area contributed by atoms with Gasteiger partial charge in [-0.05, 0) is 67.8 Å². The summed E-state index contributed by atoms with van der Waals surface area (Å²) in [4.78, 5) is 26.0. The monoisotopic (exact) mass is 453 g/mol. The third-order valence-electron chi connectivity index (χ3n) is 5.49. The second-order valence-corrected chi connectivity index (χ2v) is 8.80. The first kappa shape index (κ1) is 20.9. The van der Waals surface area contributed by atoms with Crippen molar-refractivity contribution < 1.29 is 4.79 Å². The summed E-state index contributed by atoms with van der Waals surface area (Å²) in [5.41, 5.74) is 5.67. The Labute approximate surface area is 195 Å². The first-order chi connectivity index (χ1) is 16.1. The topological polar surface area (TPSA) is 82.7 Å². The van der Waals surface area contributed by atoms with E-state index in [1.54, 1.807) is 6.20 Å². The molecule has 0 bridgehead atoms. The molecule has 1 aromatic carbocycles. The van der Waals surface area contributed by atoms with Gasteiger partial charge in [-0.25, -0.2) is 4.98 Å². The molecule has 0 aliphatic carbocycles. The van der Waals surface area contributed by atoms with Gasteiger partial charge in [0.2, 0.25) is 0 Å². The Bertz CT molecular complexity index is 1410. The number of aromatic nitrogens is 3. The summed E-state index contributed by atoms with van der Waals surface area (Å²) in [6.45, 7) is 4.03. The van der Waals surface area contributed by atoms with Crippen molar-refractivity contribution in [3.63, 3.8) is 0 Å². The molecule has 6 nitrogen and oxygen atoms in total. The summed E-state index contributed by atoms with van der Waals surface area (Å²) in [6, 6.07) is 21.2. The lowest BCUT2D eigenvalue weighted by Gasteiger charge is -2.20. The number of aromatic amines is 1. The minimum atomic E-state index is -0.225. The van der Waals surface area contributed by atoms with Gasteiger partial charge in [-0.2, -0.15) is 0 Å². The second kappa shape index (κ2) is 8.88. The van der Waals surface area contributed by atoms with Crippen LogP contribution in [0.4, 0.5) is 11.5 Å². The van der Waals surface area contributed by atoms with Gasteiger partial charge in [0, 0.05) is 39.7 Å². The van der Waals surface area contributed by atoms with Crippen LogP contribution < -0.4 is 10.6 Å². The second-order valence-electron chi connectivity index (χ2n) is 7.85. The van der Waals surface area contributed by atoms with Gasteiger partial charge in [0.05, 0.1) is 16.6 Å². The maximum Gasteiger partial charge on any atom is 0.265 e. The van der Waals surface area contributed by atoms with Crippen molar-refractivity contribution in [1.29, 1.82) is 0 Å². The molecule has 0 aliphatic rings. The normalized spacial score (nSPS) is 11.9. The minimum Gasteiger partial charge on any atom is -0.358 e. The molecule has 4 heterocycles.